The number of fused-ring (bicyclic) bond motifs is 1. The number of carbonyl (C=O) groups is 3. The first-order chi connectivity index (χ1) is 14.6. The van der Waals surface area contributed by atoms with Crippen molar-refractivity contribution in [1.82, 2.24) is 4.31 Å². The number of amides is 3. The first kappa shape index (κ1) is 21.0. The molecule has 1 heterocycles. The Hall–Kier alpha value is -3.20. The van der Waals surface area contributed by atoms with E-state index in [-0.39, 0.29) is 27.8 Å². The molecule has 0 radical (unpaired) electrons. The molecule has 3 amide bonds. The maximum absolute atomic E-state index is 12.8. The lowest BCUT2D eigenvalue weighted by atomic mass is 10.1. The standard InChI is InChI=1S/C22H23N3O5S/c1-12(2)25-22(28)17-9-7-15(10-19(17)31(25,29)30)21(27)24-18-11-16(8-4-13(18)3)23-20(26)14-5-6-14/h4,7-12,14H,5-6H2,1-3H3,(H,23,26)(H,24,27). The number of hydrogen-bond donors (Lipinski definition) is 2. The number of sulfonamides is 1. The van der Waals surface area contributed by atoms with Crippen LogP contribution >= 0.6 is 0 Å². The first-order valence-corrected chi connectivity index (χ1v) is 11.5. The monoisotopic (exact) mass is 441 g/mol. The quantitative estimate of drug-likeness (QED) is 0.740. The van der Waals surface area contributed by atoms with E-state index >= 15 is 0 Å². The molecular formula is C22H23N3O5S. The van der Waals surface area contributed by atoms with Crippen molar-refractivity contribution in [2.24, 2.45) is 5.92 Å². The summed E-state index contributed by atoms with van der Waals surface area (Å²) in [5, 5.41) is 5.60. The zero-order valence-corrected chi connectivity index (χ0v) is 18.2. The minimum absolute atomic E-state index is 0.0377. The molecule has 2 aromatic carbocycles. The highest BCUT2D eigenvalue weighted by atomic mass is 32.2. The van der Waals surface area contributed by atoms with E-state index in [4.69, 9.17) is 0 Å². The highest BCUT2D eigenvalue weighted by molar-refractivity contribution is 7.90. The molecule has 0 atom stereocenters. The van der Waals surface area contributed by atoms with E-state index in [9.17, 15) is 22.8 Å². The molecule has 1 aliphatic carbocycles. The summed E-state index contributed by atoms with van der Waals surface area (Å²) in [5.74, 6) is -1.08. The summed E-state index contributed by atoms with van der Waals surface area (Å²) in [6.45, 7) is 5.05. The van der Waals surface area contributed by atoms with Crippen molar-refractivity contribution >= 4 is 39.1 Å². The number of aryl methyl sites for hydroxylation is 1. The van der Waals surface area contributed by atoms with Gasteiger partial charge in [-0.3, -0.25) is 14.4 Å². The summed E-state index contributed by atoms with van der Waals surface area (Å²) in [5.41, 5.74) is 2.04. The van der Waals surface area contributed by atoms with Crippen LogP contribution < -0.4 is 10.6 Å². The van der Waals surface area contributed by atoms with Crippen LogP contribution in [0.1, 0.15) is 53.0 Å². The van der Waals surface area contributed by atoms with Crippen LogP contribution in [0.25, 0.3) is 0 Å². The van der Waals surface area contributed by atoms with Crippen molar-refractivity contribution in [3.8, 4) is 0 Å². The molecule has 2 N–H and O–H groups in total. The lowest BCUT2D eigenvalue weighted by Crippen LogP contribution is -2.36. The van der Waals surface area contributed by atoms with Gasteiger partial charge in [-0.05, 0) is 69.5 Å². The highest BCUT2D eigenvalue weighted by Crippen LogP contribution is 2.33. The number of benzene rings is 2. The van der Waals surface area contributed by atoms with E-state index in [1.807, 2.05) is 6.92 Å². The predicted octanol–water partition coefficient (Wildman–Crippen LogP) is 3.15. The molecule has 1 saturated carbocycles. The lowest BCUT2D eigenvalue weighted by Gasteiger charge is -2.18. The second-order valence-corrected chi connectivity index (χ2v) is 9.94. The van der Waals surface area contributed by atoms with Gasteiger partial charge < -0.3 is 10.6 Å². The maximum atomic E-state index is 12.8. The van der Waals surface area contributed by atoms with E-state index in [1.165, 1.54) is 18.2 Å². The van der Waals surface area contributed by atoms with E-state index < -0.39 is 27.9 Å². The molecule has 1 aliphatic heterocycles. The Morgan fingerprint density at radius 3 is 2.42 bits per heavy atom. The van der Waals surface area contributed by atoms with Crippen molar-refractivity contribution in [3.63, 3.8) is 0 Å². The number of nitrogens with one attached hydrogen (secondary N) is 2. The van der Waals surface area contributed by atoms with E-state index in [0.29, 0.717) is 11.4 Å². The second-order valence-electron chi connectivity index (χ2n) is 8.16. The van der Waals surface area contributed by atoms with Crippen LogP contribution in [0.15, 0.2) is 41.3 Å². The van der Waals surface area contributed by atoms with Crippen LogP contribution in [0.4, 0.5) is 11.4 Å². The zero-order valence-electron chi connectivity index (χ0n) is 17.4. The van der Waals surface area contributed by atoms with Crippen molar-refractivity contribution in [2.45, 2.75) is 44.6 Å². The molecule has 0 aromatic heterocycles. The van der Waals surface area contributed by atoms with Gasteiger partial charge in [0.15, 0.2) is 0 Å². The second kappa shape index (κ2) is 7.49. The summed E-state index contributed by atoms with van der Waals surface area (Å²) in [7, 11) is -4.00. The van der Waals surface area contributed by atoms with Crippen LogP contribution in [0.3, 0.4) is 0 Å². The Bertz CT molecular complexity index is 1220. The summed E-state index contributed by atoms with van der Waals surface area (Å²) in [4.78, 5) is 37.1. The smallest absolute Gasteiger partial charge is 0.269 e. The van der Waals surface area contributed by atoms with Crippen molar-refractivity contribution in [3.05, 3.63) is 53.1 Å². The van der Waals surface area contributed by atoms with Crippen molar-refractivity contribution in [2.75, 3.05) is 10.6 Å². The van der Waals surface area contributed by atoms with E-state index in [2.05, 4.69) is 10.6 Å². The van der Waals surface area contributed by atoms with Gasteiger partial charge in [0, 0.05) is 28.9 Å². The third kappa shape index (κ3) is 3.81. The van der Waals surface area contributed by atoms with Gasteiger partial charge in [-0.25, -0.2) is 12.7 Å². The summed E-state index contributed by atoms with van der Waals surface area (Å²) in [6.07, 6.45) is 1.78. The van der Waals surface area contributed by atoms with Crippen molar-refractivity contribution < 1.29 is 22.8 Å². The Labute approximate surface area is 180 Å². The molecule has 0 unspecified atom stereocenters. The first-order valence-electron chi connectivity index (χ1n) is 10.1. The fourth-order valence-corrected chi connectivity index (χ4v) is 5.31. The van der Waals surface area contributed by atoms with E-state index in [1.54, 1.807) is 32.0 Å². The molecule has 8 nitrogen and oxygen atoms in total. The van der Waals surface area contributed by atoms with Gasteiger partial charge in [0.2, 0.25) is 5.91 Å². The predicted molar refractivity (Wildman–Crippen MR) is 115 cm³/mol. The normalized spacial score (nSPS) is 16.9. The molecule has 0 bridgehead atoms. The summed E-state index contributed by atoms with van der Waals surface area (Å²) >= 11 is 0. The van der Waals surface area contributed by atoms with Crippen LogP contribution in [0.2, 0.25) is 0 Å². The maximum Gasteiger partial charge on any atom is 0.269 e. The van der Waals surface area contributed by atoms with Gasteiger partial charge in [0.1, 0.15) is 4.90 Å². The van der Waals surface area contributed by atoms with Crippen LogP contribution in [-0.2, 0) is 14.8 Å². The van der Waals surface area contributed by atoms with Crippen molar-refractivity contribution in [1.29, 1.82) is 0 Å². The number of hydrogen-bond acceptors (Lipinski definition) is 5. The SMILES string of the molecule is Cc1ccc(NC(=O)C2CC2)cc1NC(=O)c1ccc2c(c1)S(=O)(=O)N(C(C)C)C2=O. The van der Waals surface area contributed by atoms with Gasteiger partial charge in [0.25, 0.3) is 21.8 Å². The average molecular weight is 442 g/mol. The molecule has 2 aromatic rings. The Kier molecular flexibility index (Phi) is 5.09. The molecule has 2 aliphatic rings. The molecular weight excluding hydrogens is 418 g/mol. The summed E-state index contributed by atoms with van der Waals surface area (Å²) in [6, 6.07) is 8.71. The number of nitrogens with zero attached hydrogens (tertiary/aromatic N) is 1. The summed E-state index contributed by atoms with van der Waals surface area (Å²) < 4.78 is 26.4. The molecule has 31 heavy (non-hydrogen) atoms. The third-order valence-corrected chi connectivity index (χ3v) is 7.38. The van der Waals surface area contributed by atoms with Crippen LogP contribution in [0.5, 0.6) is 0 Å². The number of carbonyl (C=O) groups excluding carboxylic acids is 3. The Morgan fingerprint density at radius 2 is 1.77 bits per heavy atom. The van der Waals surface area contributed by atoms with Gasteiger partial charge in [-0.2, -0.15) is 0 Å². The molecule has 162 valence electrons. The fourth-order valence-electron chi connectivity index (χ4n) is 3.52. The lowest BCUT2D eigenvalue weighted by molar-refractivity contribution is -0.117. The van der Waals surface area contributed by atoms with E-state index in [0.717, 1.165) is 22.7 Å². The molecule has 1 fully saturated rings. The minimum Gasteiger partial charge on any atom is -0.326 e. The molecule has 9 heteroatoms. The fraction of sp³-hybridized carbons (Fsp3) is 0.318. The zero-order chi connectivity index (χ0) is 22.5. The van der Waals surface area contributed by atoms with Gasteiger partial charge in [-0.1, -0.05) is 6.07 Å². The average Bonchev–Trinajstić information content (AvgIpc) is 3.52. The highest BCUT2D eigenvalue weighted by Gasteiger charge is 2.43. The molecule has 4 rings (SSSR count). The Morgan fingerprint density at radius 1 is 1.06 bits per heavy atom. The minimum atomic E-state index is -4.00. The largest absolute Gasteiger partial charge is 0.326 e. The Balaban J connectivity index is 1.59. The number of anilines is 2. The van der Waals surface area contributed by atoms with Crippen LogP contribution in [-0.4, -0.2) is 36.5 Å². The third-order valence-electron chi connectivity index (χ3n) is 5.38. The van der Waals surface area contributed by atoms with Gasteiger partial charge in [-0.15, -0.1) is 0 Å². The number of rotatable bonds is 5. The molecule has 0 spiro atoms. The topological polar surface area (TPSA) is 113 Å². The van der Waals surface area contributed by atoms with Gasteiger partial charge >= 0.3 is 0 Å². The van der Waals surface area contributed by atoms with Gasteiger partial charge in [0.05, 0.1) is 5.56 Å². The molecule has 0 saturated heterocycles. The van der Waals surface area contributed by atoms with Crippen LogP contribution in [0, 0.1) is 12.8 Å².